The van der Waals surface area contributed by atoms with Crippen LogP contribution in [0.25, 0.3) is 0 Å². The maximum atomic E-state index is 5.50. The zero-order chi connectivity index (χ0) is 9.19. The fraction of sp³-hybridized carbons (Fsp3) is 0.800. The Kier molecular flexibility index (Phi) is 2.76. The number of nitrogens with zero attached hydrogens (tertiary/aromatic N) is 1. The van der Waals surface area contributed by atoms with Gasteiger partial charge in [-0.2, -0.15) is 0 Å². The number of hydrogen-bond donors (Lipinski definition) is 0. The maximum absolute atomic E-state index is 5.50. The van der Waals surface area contributed by atoms with Gasteiger partial charge in [0.1, 0.15) is 6.61 Å². The minimum absolute atomic E-state index is 0.00916. The Balaban J connectivity index is 2.54. The van der Waals surface area contributed by atoms with E-state index in [0.717, 1.165) is 25.3 Å². The Morgan fingerprint density at radius 3 is 2.75 bits per heavy atom. The molecule has 2 nitrogen and oxygen atoms in total. The molecule has 2 heteroatoms. The van der Waals surface area contributed by atoms with Crippen molar-refractivity contribution in [3.63, 3.8) is 0 Å². The SMILES string of the molecule is [CH2]CCC(C)C1=NC(C)(C)CO1. The zero-order valence-electron chi connectivity index (χ0n) is 8.26. The monoisotopic (exact) mass is 168 g/mol. The standard InChI is InChI=1S/C10H18NO/c1-5-6-8(2)9-11-10(3,4)7-12-9/h8H,1,5-7H2,2-4H3. The van der Waals surface area contributed by atoms with E-state index in [-0.39, 0.29) is 5.54 Å². The first-order valence-electron chi connectivity index (χ1n) is 4.57. The molecule has 1 radical (unpaired) electrons. The first-order valence-corrected chi connectivity index (χ1v) is 4.57. The van der Waals surface area contributed by atoms with Crippen LogP contribution in [0.3, 0.4) is 0 Å². The molecule has 0 aromatic heterocycles. The van der Waals surface area contributed by atoms with Crippen molar-refractivity contribution in [2.75, 3.05) is 6.61 Å². The largest absolute Gasteiger partial charge is 0.478 e. The second-order valence-corrected chi connectivity index (χ2v) is 4.09. The van der Waals surface area contributed by atoms with Gasteiger partial charge >= 0.3 is 0 Å². The van der Waals surface area contributed by atoms with E-state index in [9.17, 15) is 0 Å². The van der Waals surface area contributed by atoms with Gasteiger partial charge in [0.25, 0.3) is 0 Å². The molecule has 0 N–H and O–H groups in total. The molecular weight excluding hydrogens is 150 g/mol. The van der Waals surface area contributed by atoms with Gasteiger partial charge in [0, 0.05) is 5.92 Å². The molecule has 0 aromatic carbocycles. The first kappa shape index (κ1) is 9.56. The molecule has 0 aromatic rings. The van der Waals surface area contributed by atoms with E-state index in [1.807, 2.05) is 0 Å². The summed E-state index contributed by atoms with van der Waals surface area (Å²) in [7, 11) is 0. The number of rotatable bonds is 3. The normalized spacial score (nSPS) is 23.2. The average molecular weight is 168 g/mol. The second kappa shape index (κ2) is 3.46. The van der Waals surface area contributed by atoms with Gasteiger partial charge in [-0.1, -0.05) is 20.3 Å². The summed E-state index contributed by atoms with van der Waals surface area (Å²) >= 11 is 0. The lowest BCUT2D eigenvalue weighted by molar-refractivity contribution is 0.265. The fourth-order valence-electron chi connectivity index (χ4n) is 1.30. The Morgan fingerprint density at radius 2 is 2.33 bits per heavy atom. The van der Waals surface area contributed by atoms with Crippen molar-refractivity contribution < 1.29 is 4.74 Å². The predicted molar refractivity (Wildman–Crippen MR) is 51.2 cm³/mol. The first-order chi connectivity index (χ1) is 5.55. The average Bonchev–Trinajstić information content (AvgIpc) is 2.31. The highest BCUT2D eigenvalue weighted by molar-refractivity contribution is 5.80. The van der Waals surface area contributed by atoms with Crippen LogP contribution in [-0.4, -0.2) is 18.0 Å². The third-order valence-electron chi connectivity index (χ3n) is 2.04. The van der Waals surface area contributed by atoms with Crippen molar-refractivity contribution >= 4 is 5.90 Å². The lowest BCUT2D eigenvalue weighted by atomic mass is 10.1. The summed E-state index contributed by atoms with van der Waals surface area (Å²) in [5.74, 6) is 1.35. The zero-order valence-corrected chi connectivity index (χ0v) is 8.26. The second-order valence-electron chi connectivity index (χ2n) is 4.09. The van der Waals surface area contributed by atoms with Crippen LogP contribution >= 0.6 is 0 Å². The van der Waals surface area contributed by atoms with Crippen LogP contribution < -0.4 is 0 Å². The van der Waals surface area contributed by atoms with E-state index in [2.05, 4.69) is 32.7 Å². The molecule has 0 saturated carbocycles. The highest BCUT2D eigenvalue weighted by Gasteiger charge is 2.28. The van der Waals surface area contributed by atoms with Crippen molar-refractivity contribution in [2.45, 2.75) is 39.2 Å². The lowest BCUT2D eigenvalue weighted by Crippen LogP contribution is -2.17. The Hall–Kier alpha value is -0.530. The van der Waals surface area contributed by atoms with Gasteiger partial charge in [-0.25, -0.2) is 4.99 Å². The summed E-state index contributed by atoms with van der Waals surface area (Å²) in [5, 5.41) is 0. The van der Waals surface area contributed by atoms with Crippen molar-refractivity contribution in [1.82, 2.24) is 0 Å². The van der Waals surface area contributed by atoms with E-state index in [0.29, 0.717) is 5.92 Å². The Bertz CT molecular complexity index is 184. The van der Waals surface area contributed by atoms with Gasteiger partial charge in [0.2, 0.25) is 0 Å². The predicted octanol–water partition coefficient (Wildman–Crippen LogP) is 2.44. The Morgan fingerprint density at radius 1 is 1.67 bits per heavy atom. The minimum atomic E-state index is -0.00916. The van der Waals surface area contributed by atoms with Crippen molar-refractivity contribution in [3.8, 4) is 0 Å². The van der Waals surface area contributed by atoms with Crippen LogP contribution in [-0.2, 0) is 4.74 Å². The molecule has 1 aliphatic rings. The smallest absolute Gasteiger partial charge is 0.186 e. The van der Waals surface area contributed by atoms with Crippen LogP contribution in [0, 0.1) is 12.8 Å². The van der Waals surface area contributed by atoms with Gasteiger partial charge in [-0.15, -0.1) is 0 Å². The topological polar surface area (TPSA) is 21.6 Å². The molecule has 0 bridgehead atoms. The molecular formula is C10H18NO. The van der Waals surface area contributed by atoms with E-state index < -0.39 is 0 Å². The molecule has 1 heterocycles. The molecule has 0 saturated heterocycles. The number of hydrogen-bond acceptors (Lipinski definition) is 2. The molecule has 0 amide bonds. The molecule has 0 aliphatic carbocycles. The summed E-state index contributed by atoms with van der Waals surface area (Å²) in [6.07, 6.45) is 2.01. The minimum Gasteiger partial charge on any atom is -0.478 e. The molecule has 1 aliphatic heterocycles. The summed E-state index contributed by atoms with van der Waals surface area (Å²) in [4.78, 5) is 4.51. The summed E-state index contributed by atoms with van der Waals surface area (Å²) in [5.41, 5.74) is -0.00916. The van der Waals surface area contributed by atoms with Gasteiger partial charge in [0.05, 0.1) is 5.54 Å². The highest BCUT2D eigenvalue weighted by Crippen LogP contribution is 2.22. The van der Waals surface area contributed by atoms with Gasteiger partial charge in [0.15, 0.2) is 5.90 Å². The maximum Gasteiger partial charge on any atom is 0.186 e. The van der Waals surface area contributed by atoms with E-state index in [4.69, 9.17) is 4.74 Å². The molecule has 0 spiro atoms. The van der Waals surface area contributed by atoms with Crippen LogP contribution in [0.1, 0.15) is 33.6 Å². The fourth-order valence-corrected chi connectivity index (χ4v) is 1.30. The van der Waals surface area contributed by atoms with E-state index in [1.165, 1.54) is 0 Å². The summed E-state index contributed by atoms with van der Waals surface area (Å²) in [6.45, 7) is 10.9. The third kappa shape index (κ3) is 2.23. The van der Waals surface area contributed by atoms with Gasteiger partial charge < -0.3 is 4.74 Å². The summed E-state index contributed by atoms with van der Waals surface area (Å²) in [6, 6.07) is 0. The molecule has 12 heavy (non-hydrogen) atoms. The lowest BCUT2D eigenvalue weighted by Gasteiger charge is -2.08. The van der Waals surface area contributed by atoms with Gasteiger partial charge in [-0.05, 0) is 20.3 Å². The Labute approximate surface area is 75.0 Å². The molecule has 1 rings (SSSR count). The van der Waals surface area contributed by atoms with E-state index >= 15 is 0 Å². The number of ether oxygens (including phenoxy) is 1. The van der Waals surface area contributed by atoms with Crippen LogP contribution in [0.5, 0.6) is 0 Å². The molecule has 69 valence electrons. The van der Waals surface area contributed by atoms with Crippen LogP contribution in [0.15, 0.2) is 4.99 Å². The van der Waals surface area contributed by atoms with Crippen LogP contribution in [0.2, 0.25) is 0 Å². The van der Waals surface area contributed by atoms with Crippen molar-refractivity contribution in [2.24, 2.45) is 10.9 Å². The molecule has 0 fully saturated rings. The number of aliphatic imine (C=N–C) groups is 1. The van der Waals surface area contributed by atoms with Crippen molar-refractivity contribution in [1.29, 1.82) is 0 Å². The van der Waals surface area contributed by atoms with Gasteiger partial charge in [-0.3, -0.25) is 0 Å². The van der Waals surface area contributed by atoms with E-state index in [1.54, 1.807) is 0 Å². The van der Waals surface area contributed by atoms with Crippen molar-refractivity contribution in [3.05, 3.63) is 6.92 Å². The highest BCUT2D eigenvalue weighted by atomic mass is 16.5. The molecule has 1 unspecified atom stereocenters. The third-order valence-corrected chi connectivity index (χ3v) is 2.04. The summed E-state index contributed by atoms with van der Waals surface area (Å²) < 4.78 is 5.50. The molecule has 1 atom stereocenters. The van der Waals surface area contributed by atoms with Crippen LogP contribution in [0.4, 0.5) is 0 Å². The quantitative estimate of drug-likeness (QED) is 0.634.